The fraction of sp³-hybridized carbons (Fsp3) is 1.00. The fourth-order valence-corrected chi connectivity index (χ4v) is 1.26. The van der Waals surface area contributed by atoms with Crippen LogP contribution in [0.5, 0.6) is 0 Å². The normalized spacial score (nSPS) is 11.1. The van der Waals surface area contributed by atoms with Gasteiger partial charge in [0.2, 0.25) is 0 Å². The van der Waals surface area contributed by atoms with Gasteiger partial charge in [0.05, 0.1) is 6.61 Å². The van der Waals surface area contributed by atoms with Crippen LogP contribution in [0.15, 0.2) is 0 Å². The molecule has 7 heteroatoms. The van der Waals surface area contributed by atoms with Gasteiger partial charge in [-0.1, -0.05) is 39.0 Å². The molecule has 0 bridgehead atoms. The third-order valence-corrected chi connectivity index (χ3v) is 2.03. The molecule has 0 heterocycles. The Morgan fingerprint density at radius 2 is 1.60 bits per heavy atom. The molecule has 0 aliphatic heterocycles. The van der Waals surface area contributed by atoms with Crippen LogP contribution in [0.1, 0.15) is 45.4 Å². The second-order valence-corrected chi connectivity index (χ2v) is 4.29. The first-order valence-corrected chi connectivity index (χ1v) is 6.46. The molecule has 88 valence electrons. The summed E-state index contributed by atoms with van der Waals surface area (Å²) in [5.41, 5.74) is 0. The Morgan fingerprint density at radius 3 is 2.13 bits per heavy atom. The zero-order chi connectivity index (χ0) is 10.9. The zero-order valence-corrected chi connectivity index (χ0v) is 9.41. The van der Waals surface area contributed by atoms with E-state index in [1.807, 2.05) is 0 Å². The predicted molar refractivity (Wildman–Crippen MR) is 59.6 cm³/mol. The van der Waals surface area contributed by atoms with E-state index < -0.39 is 7.82 Å². The second kappa shape index (κ2) is 11.6. The van der Waals surface area contributed by atoms with Gasteiger partial charge in [0, 0.05) is 0 Å². The van der Waals surface area contributed by atoms with E-state index in [4.69, 9.17) is 9.79 Å². The van der Waals surface area contributed by atoms with E-state index in [1.54, 1.807) is 0 Å². The van der Waals surface area contributed by atoms with E-state index in [9.17, 15) is 4.57 Å². The van der Waals surface area contributed by atoms with Crippen molar-refractivity contribution in [3.05, 3.63) is 0 Å². The predicted octanol–water partition coefficient (Wildman–Crippen LogP) is 1.74. The molecular formula is C8H20NaO5P. The molecule has 0 rings (SSSR count). The summed E-state index contributed by atoms with van der Waals surface area (Å²) in [6.45, 7) is 2.38. The maximum atomic E-state index is 10.2. The van der Waals surface area contributed by atoms with Gasteiger partial charge >= 0.3 is 37.4 Å². The van der Waals surface area contributed by atoms with Crippen molar-refractivity contribution in [1.29, 1.82) is 0 Å². The van der Waals surface area contributed by atoms with Crippen LogP contribution in [-0.2, 0) is 14.1 Å². The van der Waals surface area contributed by atoms with Crippen molar-refractivity contribution in [2.24, 2.45) is 0 Å². The van der Waals surface area contributed by atoms with Gasteiger partial charge in [-0.15, -0.1) is 4.67 Å². The van der Waals surface area contributed by atoms with E-state index in [1.165, 1.54) is 19.3 Å². The number of hydrogen-bond acceptors (Lipinski definition) is 3. The monoisotopic (exact) mass is 250 g/mol. The summed E-state index contributed by atoms with van der Waals surface area (Å²) in [6, 6.07) is 0. The molecule has 0 fully saturated rings. The Balaban J connectivity index is 0. The van der Waals surface area contributed by atoms with Crippen molar-refractivity contribution in [3.63, 3.8) is 0 Å². The summed E-state index contributed by atoms with van der Waals surface area (Å²) < 4.78 is 14.0. The first-order valence-electron chi connectivity index (χ1n) is 4.93. The van der Waals surface area contributed by atoms with Crippen LogP contribution in [0.2, 0.25) is 0 Å². The van der Waals surface area contributed by atoms with Gasteiger partial charge in [-0.05, 0) is 6.42 Å². The molecule has 0 saturated carbocycles. The van der Waals surface area contributed by atoms with Crippen molar-refractivity contribution >= 4 is 37.4 Å². The van der Waals surface area contributed by atoms with Crippen LogP contribution in [0.25, 0.3) is 0 Å². The average molecular weight is 250 g/mol. The number of rotatable bonds is 9. The number of hydrogen-bond donors (Lipinski definition) is 2. The minimum absolute atomic E-state index is 0. The SMILES string of the molecule is CCCCCCCCOOP(=O)(O)O.[NaH]. The molecule has 15 heavy (non-hydrogen) atoms. The average Bonchev–Trinajstić information content (AvgIpc) is 2.08. The van der Waals surface area contributed by atoms with Crippen molar-refractivity contribution in [2.75, 3.05) is 6.61 Å². The van der Waals surface area contributed by atoms with E-state index in [0.29, 0.717) is 0 Å². The summed E-state index contributed by atoms with van der Waals surface area (Å²) in [6.07, 6.45) is 6.55. The number of unbranched alkanes of at least 4 members (excludes halogenated alkanes) is 5. The first kappa shape index (κ1) is 18.4. The molecule has 0 radical (unpaired) electrons. The molecule has 0 aromatic carbocycles. The Kier molecular flexibility index (Phi) is 14.2. The number of phosphoric acid groups is 1. The summed E-state index contributed by atoms with van der Waals surface area (Å²) in [7, 11) is -4.45. The van der Waals surface area contributed by atoms with Gasteiger partial charge in [-0.2, -0.15) is 0 Å². The van der Waals surface area contributed by atoms with E-state index in [2.05, 4.69) is 16.5 Å². The quantitative estimate of drug-likeness (QED) is 0.214. The molecule has 0 atom stereocenters. The van der Waals surface area contributed by atoms with Crippen LogP contribution < -0.4 is 0 Å². The Morgan fingerprint density at radius 1 is 1.07 bits per heavy atom. The van der Waals surface area contributed by atoms with Crippen molar-refractivity contribution in [2.45, 2.75) is 45.4 Å². The van der Waals surface area contributed by atoms with Gasteiger partial charge in [0.15, 0.2) is 0 Å². The summed E-state index contributed by atoms with van der Waals surface area (Å²) in [5, 5.41) is 0. The van der Waals surface area contributed by atoms with E-state index in [-0.39, 0.29) is 36.2 Å². The topological polar surface area (TPSA) is 76.0 Å². The molecule has 2 N–H and O–H groups in total. The second-order valence-electron chi connectivity index (χ2n) is 3.15. The molecule has 0 aliphatic rings. The standard InChI is InChI=1S/C8H19O5P.Na.H/c1-2-3-4-5-6-7-8-12-13-14(9,10)11;;/h2-8H2,1H3,(H2,9,10,11);;. The van der Waals surface area contributed by atoms with Gasteiger partial charge in [-0.25, -0.2) is 9.45 Å². The molecular weight excluding hydrogens is 230 g/mol. The van der Waals surface area contributed by atoms with Crippen molar-refractivity contribution in [1.82, 2.24) is 0 Å². The molecule has 0 saturated heterocycles. The van der Waals surface area contributed by atoms with Crippen LogP contribution in [-0.4, -0.2) is 46.0 Å². The van der Waals surface area contributed by atoms with E-state index in [0.717, 1.165) is 19.3 Å². The maximum absolute atomic E-state index is 10.2. The van der Waals surface area contributed by atoms with E-state index >= 15 is 0 Å². The van der Waals surface area contributed by atoms with Crippen LogP contribution >= 0.6 is 7.82 Å². The Bertz CT molecular complexity index is 172. The third kappa shape index (κ3) is 17.7. The van der Waals surface area contributed by atoms with Crippen LogP contribution in [0.4, 0.5) is 0 Å². The van der Waals surface area contributed by atoms with Gasteiger partial charge in [-0.3, -0.25) is 0 Å². The molecule has 0 aromatic rings. The minimum atomic E-state index is -4.45. The Hall–Kier alpha value is 1.07. The summed E-state index contributed by atoms with van der Waals surface area (Å²) in [5.74, 6) is 0. The zero-order valence-electron chi connectivity index (χ0n) is 8.52. The molecule has 5 nitrogen and oxygen atoms in total. The molecule has 0 aromatic heterocycles. The van der Waals surface area contributed by atoms with Crippen LogP contribution in [0.3, 0.4) is 0 Å². The van der Waals surface area contributed by atoms with Gasteiger partial charge < -0.3 is 9.79 Å². The van der Waals surface area contributed by atoms with Crippen molar-refractivity contribution < 1.29 is 23.9 Å². The van der Waals surface area contributed by atoms with Crippen molar-refractivity contribution in [3.8, 4) is 0 Å². The van der Waals surface area contributed by atoms with Gasteiger partial charge in [0.25, 0.3) is 0 Å². The molecule has 0 aliphatic carbocycles. The third-order valence-electron chi connectivity index (χ3n) is 1.73. The summed E-state index contributed by atoms with van der Waals surface area (Å²) in [4.78, 5) is 20.8. The summed E-state index contributed by atoms with van der Waals surface area (Å²) >= 11 is 0. The molecule has 0 unspecified atom stereocenters. The Labute approximate surface area is 113 Å². The fourth-order valence-electron chi connectivity index (χ4n) is 1.05. The molecule has 0 amide bonds. The van der Waals surface area contributed by atoms with Gasteiger partial charge in [0.1, 0.15) is 0 Å². The molecule has 0 spiro atoms. The van der Waals surface area contributed by atoms with Crippen LogP contribution in [0, 0.1) is 0 Å². The first-order chi connectivity index (χ1) is 6.56.